The molecule has 0 saturated carbocycles. The molecule has 1 amide bonds. The van der Waals surface area contributed by atoms with Crippen molar-refractivity contribution in [3.63, 3.8) is 0 Å². The predicted molar refractivity (Wildman–Crippen MR) is 107 cm³/mol. The van der Waals surface area contributed by atoms with Crippen LogP contribution in [-0.2, 0) is 0 Å². The third-order valence-corrected chi connectivity index (χ3v) is 4.69. The standard InChI is InChI=1S/C22H20FN3O2/c1-14-6-9-20(24-13-14)26-10-11-28-21-17(4-3-5-19(21)26)22(27)25-16-8-7-15(2)18(23)12-16/h3-9,12-13H,10-11H2,1-2H3,(H,25,27). The molecule has 142 valence electrons. The number of aryl methyl sites for hydroxylation is 2. The van der Waals surface area contributed by atoms with Crippen molar-refractivity contribution in [2.45, 2.75) is 13.8 Å². The minimum absolute atomic E-state index is 0.348. The van der Waals surface area contributed by atoms with Crippen LogP contribution < -0.4 is 15.0 Å². The highest BCUT2D eigenvalue weighted by Crippen LogP contribution is 2.38. The minimum atomic E-state index is -0.360. The molecule has 0 aliphatic carbocycles. The van der Waals surface area contributed by atoms with Crippen molar-refractivity contribution in [1.29, 1.82) is 0 Å². The van der Waals surface area contributed by atoms with Gasteiger partial charge in [-0.15, -0.1) is 0 Å². The van der Waals surface area contributed by atoms with Gasteiger partial charge >= 0.3 is 0 Å². The van der Waals surface area contributed by atoms with Crippen LogP contribution in [0.4, 0.5) is 21.6 Å². The zero-order valence-corrected chi connectivity index (χ0v) is 15.7. The molecule has 0 atom stereocenters. The van der Waals surface area contributed by atoms with E-state index in [4.69, 9.17) is 4.74 Å². The zero-order chi connectivity index (χ0) is 19.7. The number of hydrogen-bond acceptors (Lipinski definition) is 4. The molecule has 1 aromatic heterocycles. The summed E-state index contributed by atoms with van der Waals surface area (Å²) in [5.41, 5.74) is 3.19. The van der Waals surface area contributed by atoms with Gasteiger partial charge in [-0.05, 0) is 55.3 Å². The largest absolute Gasteiger partial charge is 0.489 e. The number of rotatable bonds is 3. The Bertz CT molecular complexity index is 1030. The maximum absolute atomic E-state index is 13.8. The quantitative estimate of drug-likeness (QED) is 0.724. The van der Waals surface area contributed by atoms with Crippen LogP contribution >= 0.6 is 0 Å². The first-order valence-electron chi connectivity index (χ1n) is 9.06. The second kappa shape index (κ2) is 7.31. The number of carbonyl (C=O) groups excluding carboxylic acids is 1. The molecule has 0 unspecified atom stereocenters. The van der Waals surface area contributed by atoms with E-state index < -0.39 is 0 Å². The van der Waals surface area contributed by atoms with Crippen LogP contribution in [0.5, 0.6) is 5.75 Å². The van der Waals surface area contributed by atoms with Crippen LogP contribution in [0.25, 0.3) is 0 Å². The average Bonchev–Trinajstić information content (AvgIpc) is 2.70. The van der Waals surface area contributed by atoms with Gasteiger partial charge in [-0.2, -0.15) is 0 Å². The van der Waals surface area contributed by atoms with E-state index in [-0.39, 0.29) is 11.7 Å². The summed E-state index contributed by atoms with van der Waals surface area (Å²) in [6.45, 7) is 4.74. The monoisotopic (exact) mass is 377 g/mol. The summed E-state index contributed by atoms with van der Waals surface area (Å²) in [5.74, 6) is 0.592. The Balaban J connectivity index is 1.66. The van der Waals surface area contributed by atoms with Crippen LogP contribution in [0, 0.1) is 19.7 Å². The van der Waals surface area contributed by atoms with E-state index in [0.717, 1.165) is 17.1 Å². The van der Waals surface area contributed by atoms with Crippen molar-refractivity contribution in [1.82, 2.24) is 4.98 Å². The topological polar surface area (TPSA) is 54.5 Å². The van der Waals surface area contributed by atoms with Gasteiger partial charge in [0, 0.05) is 11.9 Å². The molecule has 0 radical (unpaired) electrons. The molecule has 3 aromatic rings. The number of carbonyl (C=O) groups is 1. The van der Waals surface area contributed by atoms with Crippen molar-refractivity contribution in [2.24, 2.45) is 0 Å². The van der Waals surface area contributed by atoms with Crippen molar-refractivity contribution in [2.75, 3.05) is 23.4 Å². The number of amides is 1. The summed E-state index contributed by atoms with van der Waals surface area (Å²) in [6.07, 6.45) is 1.81. The fourth-order valence-corrected chi connectivity index (χ4v) is 3.15. The minimum Gasteiger partial charge on any atom is -0.489 e. The van der Waals surface area contributed by atoms with E-state index in [1.807, 2.05) is 36.2 Å². The van der Waals surface area contributed by atoms with Gasteiger partial charge in [-0.25, -0.2) is 9.37 Å². The number of nitrogens with zero attached hydrogens (tertiary/aromatic N) is 2. The van der Waals surface area contributed by atoms with Crippen molar-refractivity contribution in [3.05, 3.63) is 77.2 Å². The summed E-state index contributed by atoms with van der Waals surface area (Å²) in [7, 11) is 0. The number of para-hydroxylation sites is 1. The lowest BCUT2D eigenvalue weighted by Crippen LogP contribution is -2.30. The fraction of sp³-hybridized carbons (Fsp3) is 0.182. The molecule has 0 saturated heterocycles. The summed E-state index contributed by atoms with van der Waals surface area (Å²) < 4.78 is 19.6. The first kappa shape index (κ1) is 18.0. The Morgan fingerprint density at radius 3 is 2.79 bits per heavy atom. The molecular weight excluding hydrogens is 357 g/mol. The molecular formula is C22H20FN3O2. The lowest BCUT2D eigenvalue weighted by Gasteiger charge is -2.31. The van der Waals surface area contributed by atoms with Gasteiger partial charge in [0.2, 0.25) is 0 Å². The first-order valence-corrected chi connectivity index (χ1v) is 9.06. The van der Waals surface area contributed by atoms with Crippen LogP contribution in [0.2, 0.25) is 0 Å². The van der Waals surface area contributed by atoms with Gasteiger partial charge in [-0.1, -0.05) is 18.2 Å². The molecule has 1 aliphatic rings. The molecule has 2 aromatic carbocycles. The molecule has 28 heavy (non-hydrogen) atoms. The van der Waals surface area contributed by atoms with Gasteiger partial charge in [0.15, 0.2) is 5.75 Å². The molecule has 1 N–H and O–H groups in total. The number of pyridine rings is 1. The smallest absolute Gasteiger partial charge is 0.259 e. The normalized spacial score (nSPS) is 12.9. The summed E-state index contributed by atoms with van der Waals surface area (Å²) in [6, 6.07) is 14.0. The number of fused-ring (bicyclic) bond motifs is 1. The van der Waals surface area contributed by atoms with E-state index in [1.54, 1.807) is 31.2 Å². The second-order valence-electron chi connectivity index (χ2n) is 6.77. The van der Waals surface area contributed by atoms with Gasteiger partial charge in [0.1, 0.15) is 18.2 Å². The van der Waals surface area contributed by atoms with Crippen molar-refractivity contribution in [3.8, 4) is 5.75 Å². The summed E-state index contributed by atoms with van der Waals surface area (Å²) >= 11 is 0. The van der Waals surface area contributed by atoms with Gasteiger partial charge in [0.25, 0.3) is 5.91 Å². The number of hydrogen-bond donors (Lipinski definition) is 1. The number of anilines is 3. The van der Waals surface area contributed by atoms with E-state index in [9.17, 15) is 9.18 Å². The Morgan fingerprint density at radius 1 is 1.18 bits per heavy atom. The predicted octanol–water partition coefficient (Wildman–Crippen LogP) is 4.62. The summed E-state index contributed by atoms with van der Waals surface area (Å²) in [5, 5.41) is 2.75. The Labute approximate surface area is 162 Å². The van der Waals surface area contributed by atoms with Gasteiger partial charge in [0.05, 0.1) is 17.8 Å². The molecule has 0 bridgehead atoms. The number of ether oxygens (including phenoxy) is 1. The van der Waals surface area contributed by atoms with Crippen LogP contribution in [0.3, 0.4) is 0 Å². The van der Waals surface area contributed by atoms with E-state index >= 15 is 0 Å². The summed E-state index contributed by atoms with van der Waals surface area (Å²) in [4.78, 5) is 19.3. The van der Waals surface area contributed by atoms with Crippen LogP contribution in [0.1, 0.15) is 21.5 Å². The SMILES string of the molecule is Cc1ccc(N2CCOc3c(C(=O)Nc4ccc(C)c(F)c4)cccc32)nc1. The maximum atomic E-state index is 13.8. The second-order valence-corrected chi connectivity index (χ2v) is 6.77. The number of nitrogens with one attached hydrogen (secondary N) is 1. The lowest BCUT2D eigenvalue weighted by molar-refractivity contribution is 0.102. The van der Waals surface area contributed by atoms with E-state index in [1.165, 1.54) is 6.07 Å². The first-order chi connectivity index (χ1) is 13.5. The molecule has 5 nitrogen and oxygen atoms in total. The highest BCUT2D eigenvalue weighted by Gasteiger charge is 2.25. The van der Waals surface area contributed by atoms with Gasteiger partial charge in [-0.3, -0.25) is 4.79 Å². The molecule has 4 rings (SSSR count). The zero-order valence-electron chi connectivity index (χ0n) is 15.7. The Hall–Kier alpha value is -3.41. The number of aromatic nitrogens is 1. The third-order valence-electron chi connectivity index (χ3n) is 4.69. The third kappa shape index (κ3) is 3.41. The van der Waals surface area contributed by atoms with Crippen molar-refractivity contribution >= 4 is 23.1 Å². The van der Waals surface area contributed by atoms with E-state index in [2.05, 4.69) is 10.3 Å². The van der Waals surface area contributed by atoms with Crippen LogP contribution in [0.15, 0.2) is 54.7 Å². The highest BCUT2D eigenvalue weighted by atomic mass is 19.1. The van der Waals surface area contributed by atoms with Crippen molar-refractivity contribution < 1.29 is 13.9 Å². The van der Waals surface area contributed by atoms with Gasteiger partial charge < -0.3 is 15.0 Å². The molecule has 6 heteroatoms. The highest BCUT2D eigenvalue weighted by molar-refractivity contribution is 6.07. The Kier molecular flexibility index (Phi) is 4.69. The number of halogens is 1. The fourth-order valence-electron chi connectivity index (χ4n) is 3.15. The Morgan fingerprint density at radius 2 is 2.04 bits per heavy atom. The molecule has 2 heterocycles. The lowest BCUT2D eigenvalue weighted by atomic mass is 10.1. The molecule has 1 aliphatic heterocycles. The number of benzene rings is 2. The van der Waals surface area contributed by atoms with Crippen LogP contribution in [-0.4, -0.2) is 24.0 Å². The molecule has 0 fully saturated rings. The van der Waals surface area contributed by atoms with E-state index in [0.29, 0.717) is 35.7 Å². The maximum Gasteiger partial charge on any atom is 0.259 e. The average molecular weight is 377 g/mol. The molecule has 0 spiro atoms.